The third-order valence-corrected chi connectivity index (χ3v) is 4.41. The Morgan fingerprint density at radius 2 is 1.83 bits per heavy atom. The average Bonchev–Trinajstić information content (AvgIpc) is 2.59. The minimum atomic E-state index is -0.663. The van der Waals surface area contributed by atoms with E-state index in [2.05, 4.69) is 5.32 Å². The fourth-order valence-corrected chi connectivity index (χ4v) is 3.27. The van der Waals surface area contributed by atoms with Crippen molar-refractivity contribution in [2.24, 2.45) is 0 Å². The van der Waals surface area contributed by atoms with Gasteiger partial charge in [-0.2, -0.15) is 0 Å². The lowest BCUT2D eigenvalue weighted by molar-refractivity contribution is -0.143. The summed E-state index contributed by atoms with van der Waals surface area (Å²) in [5.41, 5.74) is 3.45. The van der Waals surface area contributed by atoms with Crippen molar-refractivity contribution in [3.63, 3.8) is 0 Å². The highest BCUT2D eigenvalue weighted by atomic mass is 16.6. The fraction of sp³-hybridized carbons (Fsp3) is 0.417. The first-order valence-corrected chi connectivity index (χ1v) is 10.1. The van der Waals surface area contributed by atoms with E-state index < -0.39 is 23.7 Å². The zero-order chi connectivity index (χ0) is 22.5. The molecule has 0 spiro atoms. The first kappa shape index (κ1) is 23.3. The summed E-state index contributed by atoms with van der Waals surface area (Å²) in [4.78, 5) is 24.6. The van der Waals surface area contributed by atoms with E-state index in [1.54, 1.807) is 39.8 Å². The molecule has 2 N–H and O–H groups in total. The maximum atomic E-state index is 12.4. The molecule has 162 valence electrons. The van der Waals surface area contributed by atoms with Crippen LogP contribution in [0.4, 0.5) is 4.79 Å². The molecule has 6 heteroatoms. The van der Waals surface area contributed by atoms with Crippen LogP contribution < -0.4 is 5.32 Å². The Morgan fingerprint density at radius 1 is 1.13 bits per heavy atom. The Morgan fingerprint density at radius 3 is 2.43 bits per heavy atom. The Labute approximate surface area is 178 Å². The molecule has 0 saturated carbocycles. The van der Waals surface area contributed by atoms with Crippen molar-refractivity contribution < 1.29 is 24.2 Å². The topological polar surface area (TPSA) is 84.9 Å². The van der Waals surface area contributed by atoms with Crippen LogP contribution in [0, 0.1) is 13.8 Å². The minimum Gasteiger partial charge on any atom is -0.507 e. The van der Waals surface area contributed by atoms with E-state index in [9.17, 15) is 14.7 Å². The summed E-state index contributed by atoms with van der Waals surface area (Å²) in [7, 11) is 0. The number of hydrogen-bond acceptors (Lipinski definition) is 5. The highest BCUT2D eigenvalue weighted by molar-refractivity contribution is 5.76. The second-order valence-corrected chi connectivity index (χ2v) is 8.31. The quantitative estimate of drug-likeness (QED) is 0.636. The Hall–Kier alpha value is -3.02. The van der Waals surface area contributed by atoms with E-state index in [0.717, 1.165) is 27.8 Å². The van der Waals surface area contributed by atoms with E-state index in [1.807, 2.05) is 38.1 Å². The summed E-state index contributed by atoms with van der Waals surface area (Å²) in [5, 5.41) is 13.2. The van der Waals surface area contributed by atoms with Gasteiger partial charge in [-0.1, -0.05) is 29.8 Å². The standard InChI is InChI=1S/C24H31NO5/c1-7-29-21(27)14-19(25-23(28)30-24(4,5)6)17-11-15(2)12-18(13-17)22-16(3)9-8-10-20(22)26/h8-13,19,26H,7,14H2,1-6H3,(H,25,28)/t19-/m0/s1. The summed E-state index contributed by atoms with van der Waals surface area (Å²) >= 11 is 0. The van der Waals surface area contributed by atoms with E-state index in [4.69, 9.17) is 9.47 Å². The molecule has 0 unspecified atom stereocenters. The summed E-state index contributed by atoms with van der Waals surface area (Å²) in [6.07, 6.45) is -0.644. The van der Waals surface area contributed by atoms with Crippen molar-refractivity contribution in [3.05, 3.63) is 53.1 Å². The van der Waals surface area contributed by atoms with Crippen LogP contribution >= 0.6 is 0 Å². The Balaban J connectivity index is 2.45. The molecule has 0 aliphatic carbocycles. The number of carbonyl (C=O) groups is 2. The van der Waals surface area contributed by atoms with Crippen LogP contribution in [0.2, 0.25) is 0 Å². The number of amides is 1. The first-order valence-electron chi connectivity index (χ1n) is 10.1. The molecule has 6 nitrogen and oxygen atoms in total. The van der Waals surface area contributed by atoms with Crippen molar-refractivity contribution >= 4 is 12.1 Å². The summed E-state index contributed by atoms with van der Waals surface area (Å²) < 4.78 is 10.5. The number of esters is 1. The third kappa shape index (κ3) is 6.51. The highest BCUT2D eigenvalue weighted by Gasteiger charge is 2.24. The van der Waals surface area contributed by atoms with Gasteiger partial charge in [0.05, 0.1) is 19.1 Å². The van der Waals surface area contributed by atoms with Crippen molar-refractivity contribution in [3.8, 4) is 16.9 Å². The van der Waals surface area contributed by atoms with Crippen LogP contribution in [-0.2, 0) is 14.3 Å². The average molecular weight is 414 g/mol. The predicted octanol–water partition coefficient (Wildman–Crippen LogP) is 5.20. The van der Waals surface area contributed by atoms with Gasteiger partial charge in [0.15, 0.2) is 0 Å². The summed E-state index contributed by atoms with van der Waals surface area (Å²) in [5.74, 6) is -0.242. The van der Waals surface area contributed by atoms with E-state index in [1.165, 1.54) is 0 Å². The van der Waals surface area contributed by atoms with E-state index in [-0.39, 0.29) is 18.8 Å². The number of alkyl carbamates (subject to hydrolysis) is 1. The van der Waals surface area contributed by atoms with Crippen molar-refractivity contribution in [1.82, 2.24) is 5.32 Å². The molecule has 2 aromatic rings. The van der Waals surface area contributed by atoms with Crippen LogP contribution in [-0.4, -0.2) is 29.4 Å². The number of phenolic OH excluding ortho intramolecular Hbond substituents is 1. The number of hydrogen-bond donors (Lipinski definition) is 2. The van der Waals surface area contributed by atoms with Gasteiger partial charge >= 0.3 is 12.1 Å². The van der Waals surface area contributed by atoms with Gasteiger partial charge in [0.2, 0.25) is 0 Å². The Bertz CT molecular complexity index is 894. The first-order chi connectivity index (χ1) is 14.0. The molecule has 0 saturated heterocycles. The van der Waals surface area contributed by atoms with Gasteiger partial charge in [0.1, 0.15) is 11.4 Å². The molecule has 0 heterocycles. The molecule has 1 atom stereocenters. The van der Waals surface area contributed by atoms with Gasteiger partial charge in [-0.15, -0.1) is 0 Å². The maximum Gasteiger partial charge on any atom is 0.408 e. The number of phenols is 1. The fourth-order valence-electron chi connectivity index (χ4n) is 3.27. The normalized spacial score (nSPS) is 12.2. The van der Waals surface area contributed by atoms with E-state index >= 15 is 0 Å². The highest BCUT2D eigenvalue weighted by Crippen LogP contribution is 2.35. The van der Waals surface area contributed by atoms with Crippen LogP contribution in [0.5, 0.6) is 5.75 Å². The molecule has 0 fully saturated rings. The van der Waals surface area contributed by atoms with Gasteiger partial charge in [-0.25, -0.2) is 4.79 Å². The number of aromatic hydroxyl groups is 1. The van der Waals surface area contributed by atoms with Gasteiger partial charge in [0, 0.05) is 5.56 Å². The van der Waals surface area contributed by atoms with Gasteiger partial charge in [-0.3, -0.25) is 4.79 Å². The van der Waals surface area contributed by atoms with Gasteiger partial charge in [-0.05, 0) is 70.4 Å². The zero-order valence-corrected chi connectivity index (χ0v) is 18.5. The summed E-state index contributed by atoms with van der Waals surface area (Å²) in [6, 6.07) is 10.4. The van der Waals surface area contributed by atoms with Crippen molar-refractivity contribution in [1.29, 1.82) is 0 Å². The van der Waals surface area contributed by atoms with Crippen LogP contribution in [0.1, 0.15) is 56.8 Å². The monoisotopic (exact) mass is 413 g/mol. The number of ether oxygens (including phenoxy) is 2. The van der Waals surface area contributed by atoms with Gasteiger partial charge < -0.3 is 19.9 Å². The van der Waals surface area contributed by atoms with Gasteiger partial charge in [0.25, 0.3) is 0 Å². The van der Waals surface area contributed by atoms with Crippen LogP contribution in [0.25, 0.3) is 11.1 Å². The molecule has 2 rings (SSSR count). The molecule has 1 amide bonds. The Kier molecular flexibility index (Phi) is 7.48. The largest absolute Gasteiger partial charge is 0.507 e. The number of aryl methyl sites for hydroxylation is 2. The molecule has 2 aromatic carbocycles. The molecule has 0 aliphatic heterocycles. The minimum absolute atomic E-state index is 0.0320. The number of rotatable bonds is 6. The molecular formula is C24H31NO5. The second kappa shape index (κ2) is 9.65. The SMILES string of the molecule is CCOC(=O)C[C@H](NC(=O)OC(C)(C)C)c1cc(C)cc(-c2c(C)cccc2O)c1. The molecule has 0 aliphatic rings. The number of benzene rings is 2. The van der Waals surface area contributed by atoms with Crippen molar-refractivity contribution in [2.45, 2.75) is 59.6 Å². The van der Waals surface area contributed by atoms with Crippen LogP contribution in [0.15, 0.2) is 36.4 Å². The predicted molar refractivity (Wildman–Crippen MR) is 116 cm³/mol. The second-order valence-electron chi connectivity index (χ2n) is 8.31. The lowest BCUT2D eigenvalue weighted by atomic mass is 9.93. The molecule has 30 heavy (non-hydrogen) atoms. The zero-order valence-electron chi connectivity index (χ0n) is 18.5. The maximum absolute atomic E-state index is 12.4. The lowest BCUT2D eigenvalue weighted by Crippen LogP contribution is -2.36. The smallest absolute Gasteiger partial charge is 0.408 e. The molecular weight excluding hydrogens is 382 g/mol. The third-order valence-electron chi connectivity index (χ3n) is 4.41. The van der Waals surface area contributed by atoms with E-state index in [0.29, 0.717) is 0 Å². The molecule has 0 bridgehead atoms. The summed E-state index contributed by atoms with van der Waals surface area (Å²) in [6.45, 7) is 11.2. The van der Waals surface area contributed by atoms with Crippen LogP contribution in [0.3, 0.4) is 0 Å². The van der Waals surface area contributed by atoms with Crippen molar-refractivity contribution in [2.75, 3.05) is 6.61 Å². The number of carbonyl (C=O) groups excluding carboxylic acids is 2. The molecule has 0 radical (unpaired) electrons. The lowest BCUT2D eigenvalue weighted by Gasteiger charge is -2.24. The molecule has 0 aromatic heterocycles. The number of nitrogens with one attached hydrogen (secondary N) is 1.